The standard InChI is InChI=1S/C7H15.Al.2H/c1-4-6-7(3)5-2;;;/h7H,2,4-6H2,1,3H3;;;. The second kappa shape index (κ2) is 5.67. The van der Waals surface area contributed by atoms with Crippen molar-refractivity contribution >= 4 is 16.3 Å². The summed E-state index contributed by atoms with van der Waals surface area (Å²) in [4.78, 5) is 0. The molecule has 0 aromatic carbocycles. The summed E-state index contributed by atoms with van der Waals surface area (Å²) >= 11 is 1.39. The zero-order chi connectivity index (χ0) is 6.41. The van der Waals surface area contributed by atoms with Crippen LogP contribution < -0.4 is 0 Å². The van der Waals surface area contributed by atoms with Gasteiger partial charge in [-0.3, -0.25) is 0 Å². The first-order chi connectivity index (χ1) is 3.81. The third-order valence-electron chi connectivity index (χ3n) is 1.56. The maximum Gasteiger partial charge on any atom is 0.211 e. The predicted octanol–water partition coefficient (Wildman–Crippen LogP) is 1.86. The molecule has 0 aliphatic rings. The molecule has 0 heterocycles. The highest BCUT2D eigenvalue weighted by Gasteiger charge is 1.95. The van der Waals surface area contributed by atoms with Gasteiger partial charge in [0.1, 0.15) is 0 Å². The molecular formula is C7H17Al. The Balaban J connectivity index is 2.92. The van der Waals surface area contributed by atoms with E-state index in [1.165, 1.54) is 40.8 Å². The van der Waals surface area contributed by atoms with Crippen LogP contribution in [0.3, 0.4) is 0 Å². The van der Waals surface area contributed by atoms with E-state index in [0.29, 0.717) is 0 Å². The van der Waals surface area contributed by atoms with Crippen molar-refractivity contribution in [2.24, 2.45) is 5.92 Å². The fourth-order valence-corrected chi connectivity index (χ4v) is 2.12. The molecule has 0 aromatic rings. The van der Waals surface area contributed by atoms with E-state index in [9.17, 15) is 0 Å². The topological polar surface area (TPSA) is 0 Å². The normalized spacial score (nSPS) is 13.8. The first kappa shape index (κ1) is 8.53. The lowest BCUT2D eigenvalue weighted by Crippen LogP contribution is -1.91. The fourth-order valence-electron chi connectivity index (χ4n) is 1.13. The Labute approximate surface area is 61.1 Å². The van der Waals surface area contributed by atoms with Crippen molar-refractivity contribution in [2.45, 2.75) is 38.4 Å². The summed E-state index contributed by atoms with van der Waals surface area (Å²) < 4.78 is 0. The van der Waals surface area contributed by atoms with Gasteiger partial charge in [-0.25, -0.2) is 0 Å². The van der Waals surface area contributed by atoms with Crippen molar-refractivity contribution in [1.82, 2.24) is 0 Å². The zero-order valence-electron chi connectivity index (χ0n) is 6.41. The van der Waals surface area contributed by atoms with E-state index in [4.69, 9.17) is 0 Å². The zero-order valence-corrected chi connectivity index (χ0v) is 8.41. The van der Waals surface area contributed by atoms with Crippen molar-refractivity contribution in [3.63, 3.8) is 0 Å². The van der Waals surface area contributed by atoms with Crippen molar-refractivity contribution in [1.29, 1.82) is 0 Å². The summed E-state index contributed by atoms with van der Waals surface area (Å²) in [5.74, 6) is 0.998. The molecule has 0 nitrogen and oxygen atoms in total. The van der Waals surface area contributed by atoms with E-state index < -0.39 is 0 Å². The lowest BCUT2D eigenvalue weighted by Gasteiger charge is -2.05. The summed E-state index contributed by atoms with van der Waals surface area (Å²) in [6.07, 6.45) is 4.27. The smallest absolute Gasteiger partial charge is 0.101 e. The largest absolute Gasteiger partial charge is 0.211 e. The van der Waals surface area contributed by atoms with Crippen LogP contribution in [0.15, 0.2) is 0 Å². The summed E-state index contributed by atoms with van der Waals surface area (Å²) in [6, 6.07) is 0. The van der Waals surface area contributed by atoms with Crippen LogP contribution in [0.4, 0.5) is 0 Å². The molecule has 0 bridgehead atoms. The molecular weight excluding hydrogens is 111 g/mol. The lowest BCUT2D eigenvalue weighted by atomic mass is 10.0. The third kappa shape index (κ3) is 4.69. The summed E-state index contributed by atoms with van der Waals surface area (Å²) in [7, 11) is 0. The van der Waals surface area contributed by atoms with Gasteiger partial charge in [0, 0.05) is 0 Å². The molecule has 0 spiro atoms. The highest BCUT2D eigenvalue weighted by Crippen LogP contribution is 2.10. The third-order valence-corrected chi connectivity index (χ3v) is 2.14. The van der Waals surface area contributed by atoms with E-state index >= 15 is 0 Å². The van der Waals surface area contributed by atoms with Crippen molar-refractivity contribution < 1.29 is 0 Å². The van der Waals surface area contributed by atoms with Gasteiger partial charge in [0.25, 0.3) is 0 Å². The van der Waals surface area contributed by atoms with Gasteiger partial charge in [0.05, 0.1) is 0 Å². The van der Waals surface area contributed by atoms with Crippen LogP contribution >= 0.6 is 0 Å². The Morgan fingerprint density at radius 2 is 2.00 bits per heavy atom. The molecule has 0 aromatic heterocycles. The molecule has 0 saturated heterocycles. The number of rotatable bonds is 4. The molecule has 0 N–H and O–H groups in total. The van der Waals surface area contributed by atoms with E-state index in [1.807, 2.05) is 0 Å². The molecule has 8 heavy (non-hydrogen) atoms. The van der Waals surface area contributed by atoms with Crippen LogP contribution in [0.1, 0.15) is 33.1 Å². The molecule has 0 aliphatic carbocycles. The van der Waals surface area contributed by atoms with Crippen molar-refractivity contribution in [3.05, 3.63) is 0 Å². The van der Waals surface area contributed by atoms with Crippen molar-refractivity contribution in [3.8, 4) is 0 Å². The van der Waals surface area contributed by atoms with Crippen LogP contribution in [-0.4, -0.2) is 16.3 Å². The molecule has 48 valence electrons. The van der Waals surface area contributed by atoms with Crippen LogP contribution in [0.25, 0.3) is 0 Å². The van der Waals surface area contributed by atoms with E-state index in [0.717, 1.165) is 5.92 Å². The van der Waals surface area contributed by atoms with Gasteiger partial charge >= 0.3 is 0 Å². The van der Waals surface area contributed by atoms with Crippen LogP contribution in [0.2, 0.25) is 5.28 Å². The van der Waals surface area contributed by atoms with Gasteiger partial charge in [-0.05, 0) is 5.92 Å². The molecule has 1 unspecified atom stereocenters. The summed E-state index contributed by atoms with van der Waals surface area (Å²) in [6.45, 7) is 4.63. The first-order valence-electron chi connectivity index (χ1n) is 3.81. The average Bonchev–Trinajstić information content (AvgIpc) is 1.68. The van der Waals surface area contributed by atoms with Gasteiger partial charge in [-0.15, -0.1) is 5.28 Å². The Morgan fingerprint density at radius 3 is 2.38 bits per heavy atom. The SMILES string of the molecule is CCCC(C)C[CH2][AlH2]. The van der Waals surface area contributed by atoms with Crippen molar-refractivity contribution in [2.75, 3.05) is 0 Å². The monoisotopic (exact) mass is 128 g/mol. The molecule has 0 aliphatic heterocycles. The average molecular weight is 128 g/mol. The van der Waals surface area contributed by atoms with Crippen LogP contribution in [-0.2, 0) is 0 Å². The highest BCUT2D eigenvalue weighted by molar-refractivity contribution is 6.08. The number of hydrogen-bond donors (Lipinski definition) is 0. The van der Waals surface area contributed by atoms with Gasteiger partial charge in [-0.2, -0.15) is 0 Å². The molecule has 0 saturated carbocycles. The quantitative estimate of drug-likeness (QED) is 0.507. The molecule has 0 fully saturated rings. The fraction of sp³-hybridized carbons (Fsp3) is 1.00. The minimum absolute atomic E-state index is 0.998. The molecule has 1 atom stereocenters. The molecule has 0 amide bonds. The van der Waals surface area contributed by atoms with E-state index in [2.05, 4.69) is 13.8 Å². The number of hydrogen-bond acceptors (Lipinski definition) is 0. The van der Waals surface area contributed by atoms with Gasteiger partial charge in [0.15, 0.2) is 0 Å². The van der Waals surface area contributed by atoms with E-state index in [1.54, 1.807) is 0 Å². The first-order valence-corrected chi connectivity index (χ1v) is 5.22. The Bertz CT molecular complexity index is 37.7. The minimum atomic E-state index is 0.998. The second-order valence-corrected chi connectivity index (χ2v) is 3.68. The minimum Gasteiger partial charge on any atom is -0.101 e. The second-order valence-electron chi connectivity index (χ2n) is 2.68. The van der Waals surface area contributed by atoms with Crippen LogP contribution in [0.5, 0.6) is 0 Å². The molecule has 0 radical (unpaired) electrons. The van der Waals surface area contributed by atoms with Crippen LogP contribution in [0, 0.1) is 5.92 Å². The lowest BCUT2D eigenvalue weighted by molar-refractivity contribution is 0.509. The van der Waals surface area contributed by atoms with Gasteiger partial charge < -0.3 is 0 Å². The molecule has 1 heteroatoms. The highest BCUT2D eigenvalue weighted by atomic mass is 27.0. The van der Waals surface area contributed by atoms with Gasteiger partial charge in [0.2, 0.25) is 16.3 Å². The Kier molecular flexibility index (Phi) is 6.04. The summed E-state index contributed by atoms with van der Waals surface area (Å²) in [5.41, 5.74) is 0. The van der Waals surface area contributed by atoms with E-state index in [-0.39, 0.29) is 0 Å². The van der Waals surface area contributed by atoms with Gasteiger partial charge in [-0.1, -0.05) is 33.1 Å². The Morgan fingerprint density at radius 1 is 1.38 bits per heavy atom. The summed E-state index contributed by atoms with van der Waals surface area (Å²) in [5, 5.41) is 1.49. The maximum absolute atomic E-state index is 2.36. The molecule has 0 rings (SSSR count). The predicted molar refractivity (Wildman–Crippen MR) is 42.0 cm³/mol. The Hall–Kier alpha value is 0.532. The maximum atomic E-state index is 2.36.